The topological polar surface area (TPSA) is 27.7 Å². The molecule has 3 heteroatoms. The summed E-state index contributed by atoms with van der Waals surface area (Å²) >= 11 is 0. The lowest BCUT2D eigenvalue weighted by Gasteiger charge is -2.14. The predicted molar refractivity (Wildman–Crippen MR) is 107 cm³/mol. The molecule has 0 amide bonds. The lowest BCUT2D eigenvalue weighted by Crippen LogP contribution is -1.98. The fourth-order valence-corrected chi connectivity index (χ4v) is 3.26. The number of fused-ring (bicyclic) bond motifs is 1. The lowest BCUT2D eigenvalue weighted by atomic mass is 9.96. The van der Waals surface area contributed by atoms with Crippen molar-refractivity contribution in [3.8, 4) is 17.2 Å². The Morgan fingerprint density at radius 3 is 1.88 bits per heavy atom. The van der Waals surface area contributed by atoms with Crippen LogP contribution in [-0.2, 0) is 6.42 Å². The molecule has 3 aromatic carbocycles. The van der Waals surface area contributed by atoms with Crippen molar-refractivity contribution in [2.75, 3.05) is 21.3 Å². The minimum atomic E-state index is 0.540. The van der Waals surface area contributed by atoms with Crippen molar-refractivity contribution in [3.63, 3.8) is 0 Å². The Hall–Kier alpha value is -2.68. The highest BCUT2D eigenvalue weighted by atomic mass is 16.5. The van der Waals surface area contributed by atoms with Gasteiger partial charge in [-0.05, 0) is 51.9 Å². The largest absolute Gasteiger partial charge is 0.493 e. The van der Waals surface area contributed by atoms with E-state index in [1.54, 1.807) is 21.3 Å². The summed E-state index contributed by atoms with van der Waals surface area (Å²) < 4.78 is 16.3. The quantitative estimate of drug-likeness (QED) is 0.581. The molecule has 0 saturated carbocycles. The Kier molecular flexibility index (Phi) is 5.36. The summed E-state index contributed by atoms with van der Waals surface area (Å²) in [6.07, 6.45) is 0.804. The van der Waals surface area contributed by atoms with Crippen LogP contribution >= 0.6 is 0 Å². The van der Waals surface area contributed by atoms with Crippen molar-refractivity contribution >= 4 is 10.8 Å². The van der Waals surface area contributed by atoms with Crippen molar-refractivity contribution < 1.29 is 14.2 Å². The van der Waals surface area contributed by atoms with E-state index in [-0.39, 0.29) is 0 Å². The van der Waals surface area contributed by atoms with Crippen molar-refractivity contribution in [3.05, 3.63) is 65.2 Å². The fraction of sp³-hybridized carbons (Fsp3) is 0.304. The van der Waals surface area contributed by atoms with Gasteiger partial charge in [0.25, 0.3) is 0 Å². The Morgan fingerprint density at radius 1 is 0.692 bits per heavy atom. The van der Waals surface area contributed by atoms with Gasteiger partial charge >= 0.3 is 0 Å². The van der Waals surface area contributed by atoms with Gasteiger partial charge in [0.05, 0.1) is 21.3 Å². The van der Waals surface area contributed by atoms with Crippen LogP contribution in [0.15, 0.2) is 48.5 Å². The number of ether oxygens (including phenoxy) is 3. The first kappa shape index (κ1) is 18.1. The van der Waals surface area contributed by atoms with Gasteiger partial charge in [0.15, 0.2) is 11.5 Å². The fourth-order valence-electron chi connectivity index (χ4n) is 3.26. The molecular formula is C23H26O3. The molecule has 0 aromatic heterocycles. The Balaban J connectivity index is 1.94. The second-order valence-electron chi connectivity index (χ2n) is 6.81. The van der Waals surface area contributed by atoms with Gasteiger partial charge in [0, 0.05) is 0 Å². The maximum Gasteiger partial charge on any atom is 0.203 e. The Labute approximate surface area is 155 Å². The summed E-state index contributed by atoms with van der Waals surface area (Å²) in [7, 11) is 4.90. The van der Waals surface area contributed by atoms with Crippen molar-refractivity contribution in [1.29, 1.82) is 0 Å². The molecule has 3 rings (SSSR count). The predicted octanol–water partition coefficient (Wildman–Crippen LogP) is 5.58. The average Bonchev–Trinajstić information content (AvgIpc) is 2.66. The maximum absolute atomic E-state index is 5.46. The zero-order chi connectivity index (χ0) is 18.7. The van der Waals surface area contributed by atoms with Crippen LogP contribution < -0.4 is 14.2 Å². The van der Waals surface area contributed by atoms with E-state index < -0.39 is 0 Å². The molecule has 0 aliphatic rings. The second-order valence-corrected chi connectivity index (χ2v) is 6.81. The van der Waals surface area contributed by atoms with Crippen LogP contribution in [0.4, 0.5) is 0 Å². The van der Waals surface area contributed by atoms with Gasteiger partial charge in [0.1, 0.15) is 0 Å². The molecule has 0 bridgehead atoms. The zero-order valence-corrected chi connectivity index (χ0v) is 16.1. The van der Waals surface area contributed by atoms with Crippen LogP contribution in [0.25, 0.3) is 10.8 Å². The molecule has 26 heavy (non-hydrogen) atoms. The first-order valence-corrected chi connectivity index (χ1v) is 8.87. The molecule has 3 aromatic rings. The molecule has 136 valence electrons. The molecule has 0 N–H and O–H groups in total. The van der Waals surface area contributed by atoms with Gasteiger partial charge in [-0.3, -0.25) is 0 Å². The molecule has 0 aliphatic heterocycles. The third-order valence-electron chi connectivity index (χ3n) is 4.73. The summed E-state index contributed by atoms with van der Waals surface area (Å²) in [5.74, 6) is 2.53. The monoisotopic (exact) mass is 350 g/mol. The van der Waals surface area contributed by atoms with E-state index in [0.29, 0.717) is 23.2 Å². The molecule has 0 unspecified atom stereocenters. The maximum atomic E-state index is 5.46. The van der Waals surface area contributed by atoms with E-state index in [9.17, 15) is 0 Å². The molecule has 0 heterocycles. The number of methoxy groups -OCH3 is 3. The van der Waals surface area contributed by atoms with E-state index in [1.807, 2.05) is 12.1 Å². The van der Waals surface area contributed by atoms with Gasteiger partial charge in [0.2, 0.25) is 5.75 Å². The van der Waals surface area contributed by atoms with E-state index in [1.165, 1.54) is 21.9 Å². The number of hydrogen-bond donors (Lipinski definition) is 0. The summed E-state index contributed by atoms with van der Waals surface area (Å²) in [5.41, 5.74) is 3.75. The van der Waals surface area contributed by atoms with E-state index in [0.717, 1.165) is 12.0 Å². The van der Waals surface area contributed by atoms with Gasteiger partial charge in [-0.25, -0.2) is 0 Å². The summed E-state index contributed by atoms with van der Waals surface area (Å²) in [6, 6.07) is 17.4. The summed E-state index contributed by atoms with van der Waals surface area (Å²) in [6.45, 7) is 4.44. The van der Waals surface area contributed by atoms with Crippen LogP contribution in [0.2, 0.25) is 0 Å². The van der Waals surface area contributed by atoms with Crippen LogP contribution in [0.3, 0.4) is 0 Å². The van der Waals surface area contributed by atoms with Crippen LogP contribution in [0, 0.1) is 0 Å². The molecule has 0 fully saturated rings. The third-order valence-corrected chi connectivity index (χ3v) is 4.73. The molecule has 0 saturated heterocycles. The SMILES string of the molecule is COc1cc(Cc2ccc3cc(C(C)C)ccc3c2)cc(OC)c1OC. The minimum Gasteiger partial charge on any atom is -0.493 e. The first-order chi connectivity index (χ1) is 12.5. The molecule has 3 nitrogen and oxygen atoms in total. The summed E-state index contributed by atoms with van der Waals surface area (Å²) in [4.78, 5) is 0. The smallest absolute Gasteiger partial charge is 0.203 e. The first-order valence-electron chi connectivity index (χ1n) is 8.87. The van der Waals surface area contributed by atoms with E-state index in [4.69, 9.17) is 14.2 Å². The van der Waals surface area contributed by atoms with E-state index >= 15 is 0 Å². The van der Waals surface area contributed by atoms with E-state index in [2.05, 4.69) is 50.2 Å². The number of benzene rings is 3. The summed E-state index contributed by atoms with van der Waals surface area (Å²) in [5, 5.41) is 2.55. The normalized spacial score (nSPS) is 11.0. The van der Waals surface area contributed by atoms with Gasteiger partial charge in [-0.15, -0.1) is 0 Å². The Morgan fingerprint density at radius 2 is 1.31 bits per heavy atom. The van der Waals surface area contributed by atoms with Crippen LogP contribution in [-0.4, -0.2) is 21.3 Å². The van der Waals surface area contributed by atoms with Crippen LogP contribution in [0.1, 0.15) is 36.5 Å². The standard InChI is InChI=1S/C23H26O3/c1-15(2)18-8-9-19-11-16(6-7-20(19)14-18)10-17-12-21(24-3)23(26-5)22(13-17)25-4/h6-9,11-15H,10H2,1-5H3. The molecule has 0 aliphatic carbocycles. The molecule has 0 spiro atoms. The minimum absolute atomic E-state index is 0.540. The molecule has 0 radical (unpaired) electrons. The van der Waals surface area contributed by atoms with Crippen LogP contribution in [0.5, 0.6) is 17.2 Å². The highest BCUT2D eigenvalue weighted by Crippen LogP contribution is 2.38. The Bertz CT molecular complexity index is 887. The van der Waals surface area contributed by atoms with Gasteiger partial charge in [-0.2, -0.15) is 0 Å². The van der Waals surface area contributed by atoms with Gasteiger partial charge < -0.3 is 14.2 Å². The van der Waals surface area contributed by atoms with Gasteiger partial charge in [-0.1, -0.05) is 50.2 Å². The van der Waals surface area contributed by atoms with Crippen molar-refractivity contribution in [2.24, 2.45) is 0 Å². The highest BCUT2D eigenvalue weighted by molar-refractivity contribution is 5.84. The molecule has 0 atom stereocenters. The second kappa shape index (κ2) is 7.69. The lowest BCUT2D eigenvalue weighted by molar-refractivity contribution is 0.324. The third kappa shape index (κ3) is 3.62. The highest BCUT2D eigenvalue weighted by Gasteiger charge is 2.13. The molecular weight excluding hydrogens is 324 g/mol. The average molecular weight is 350 g/mol. The van der Waals surface area contributed by atoms with Crippen molar-refractivity contribution in [2.45, 2.75) is 26.2 Å². The number of hydrogen-bond acceptors (Lipinski definition) is 3. The zero-order valence-electron chi connectivity index (χ0n) is 16.1. The number of rotatable bonds is 6. The van der Waals surface area contributed by atoms with Crippen molar-refractivity contribution in [1.82, 2.24) is 0 Å².